The zero-order chi connectivity index (χ0) is 32.1. The van der Waals surface area contributed by atoms with Crippen molar-refractivity contribution in [2.45, 2.75) is 33.6 Å². The van der Waals surface area contributed by atoms with Gasteiger partial charge in [-0.1, -0.05) is 69.3 Å². The molecule has 4 amide bonds. The van der Waals surface area contributed by atoms with Crippen LogP contribution >= 0.6 is 0 Å². The second kappa shape index (κ2) is 14.1. The van der Waals surface area contributed by atoms with Crippen molar-refractivity contribution in [3.63, 3.8) is 0 Å². The number of carbonyl (C=O) groups excluding carboxylic acids is 4. The molecule has 0 aliphatic carbocycles. The minimum Gasteiger partial charge on any atom is -0.305 e. The predicted octanol–water partition coefficient (Wildman–Crippen LogP) is 5.95. The molecule has 0 unspecified atom stereocenters. The number of hydrogen-bond donors (Lipinski definition) is 0. The molecule has 0 saturated carbocycles. The van der Waals surface area contributed by atoms with E-state index in [1.54, 1.807) is 24.3 Å². The van der Waals surface area contributed by atoms with Crippen LogP contribution in [0.5, 0.6) is 0 Å². The van der Waals surface area contributed by atoms with Crippen molar-refractivity contribution in [3.05, 3.63) is 95.1 Å². The Balaban J connectivity index is 0.00000196. The fraction of sp³-hybridized carbons (Fsp3) is 0.351. The molecule has 0 spiro atoms. The van der Waals surface area contributed by atoms with Crippen LogP contribution in [0.3, 0.4) is 0 Å². The van der Waals surface area contributed by atoms with Crippen molar-refractivity contribution in [3.8, 4) is 0 Å². The van der Waals surface area contributed by atoms with Gasteiger partial charge in [0.25, 0.3) is 23.6 Å². The first-order valence-corrected chi connectivity index (χ1v) is 16.1. The van der Waals surface area contributed by atoms with Gasteiger partial charge in [0.2, 0.25) is 0 Å². The van der Waals surface area contributed by atoms with Gasteiger partial charge in [0.05, 0.1) is 0 Å². The fourth-order valence-electron chi connectivity index (χ4n) is 6.41. The highest BCUT2D eigenvalue weighted by atomic mass is 16.2. The van der Waals surface area contributed by atoms with Gasteiger partial charge in [0.1, 0.15) is 0 Å². The van der Waals surface area contributed by atoms with Crippen LogP contribution in [0.15, 0.2) is 72.8 Å². The van der Waals surface area contributed by atoms with Crippen LogP contribution in [-0.2, 0) is 0 Å². The fourth-order valence-corrected chi connectivity index (χ4v) is 6.41. The number of nitrogens with zero attached hydrogens (tertiary/aromatic N) is 4. The summed E-state index contributed by atoms with van der Waals surface area (Å²) in [5.74, 6) is -0.938. The molecule has 0 saturated heterocycles. The molecule has 45 heavy (non-hydrogen) atoms. The molecule has 2 heterocycles. The Kier molecular flexibility index (Phi) is 10.1. The van der Waals surface area contributed by atoms with Crippen LogP contribution in [0.4, 0.5) is 0 Å². The second-order valence-electron chi connectivity index (χ2n) is 11.4. The average molecular weight is 607 g/mol. The number of benzene rings is 4. The Hall–Kier alpha value is -4.40. The molecule has 2 aliphatic heterocycles. The van der Waals surface area contributed by atoms with E-state index in [1.807, 2.05) is 69.4 Å². The first-order chi connectivity index (χ1) is 21.9. The lowest BCUT2D eigenvalue weighted by Crippen LogP contribution is -2.45. The Morgan fingerprint density at radius 1 is 0.533 bits per heavy atom. The number of amides is 4. The Labute approximate surface area is 265 Å². The van der Waals surface area contributed by atoms with Gasteiger partial charge in [-0.05, 0) is 74.6 Å². The maximum Gasteiger partial charge on any atom is 0.261 e. The van der Waals surface area contributed by atoms with Gasteiger partial charge in [-0.25, -0.2) is 0 Å². The van der Waals surface area contributed by atoms with E-state index in [0.29, 0.717) is 48.4 Å². The molecular weight excluding hydrogens is 564 g/mol. The monoisotopic (exact) mass is 606 g/mol. The molecule has 0 bridgehead atoms. The van der Waals surface area contributed by atoms with E-state index in [-0.39, 0.29) is 23.6 Å². The normalized spacial score (nSPS) is 14.2. The lowest BCUT2D eigenvalue weighted by atomic mass is 9.94. The second-order valence-corrected chi connectivity index (χ2v) is 11.4. The number of imide groups is 2. The highest BCUT2D eigenvalue weighted by molar-refractivity contribution is 6.26. The minimum atomic E-state index is -0.238. The largest absolute Gasteiger partial charge is 0.305 e. The van der Waals surface area contributed by atoms with Crippen molar-refractivity contribution >= 4 is 45.2 Å². The summed E-state index contributed by atoms with van der Waals surface area (Å²) in [6.07, 6.45) is 1.85. The van der Waals surface area contributed by atoms with E-state index in [2.05, 4.69) is 16.7 Å². The Morgan fingerprint density at radius 2 is 0.933 bits per heavy atom. The molecule has 0 aromatic heterocycles. The summed E-state index contributed by atoms with van der Waals surface area (Å²) in [5.41, 5.74) is 2.33. The lowest BCUT2D eigenvalue weighted by molar-refractivity contribution is 0.0583. The van der Waals surface area contributed by atoms with E-state index in [1.165, 1.54) is 9.80 Å². The summed E-state index contributed by atoms with van der Waals surface area (Å²) < 4.78 is 0. The van der Waals surface area contributed by atoms with E-state index in [9.17, 15) is 19.2 Å². The van der Waals surface area contributed by atoms with E-state index in [0.717, 1.165) is 54.0 Å². The molecule has 234 valence electrons. The average Bonchev–Trinajstić information content (AvgIpc) is 3.06. The summed E-state index contributed by atoms with van der Waals surface area (Å²) in [6, 6.07) is 22.4. The first-order valence-electron chi connectivity index (χ1n) is 16.1. The third-order valence-electron chi connectivity index (χ3n) is 8.61. The maximum absolute atomic E-state index is 13.3. The van der Waals surface area contributed by atoms with Crippen LogP contribution in [0.25, 0.3) is 21.5 Å². The van der Waals surface area contributed by atoms with Crippen molar-refractivity contribution < 1.29 is 19.2 Å². The summed E-state index contributed by atoms with van der Waals surface area (Å²) in [5, 5.41) is 3.30. The lowest BCUT2D eigenvalue weighted by Gasteiger charge is -2.30. The molecule has 8 heteroatoms. The van der Waals surface area contributed by atoms with Gasteiger partial charge >= 0.3 is 0 Å². The number of hydrogen-bond acceptors (Lipinski definition) is 6. The van der Waals surface area contributed by atoms with E-state index < -0.39 is 0 Å². The molecule has 8 nitrogen and oxygen atoms in total. The number of likely N-dealkylation sites (N-methyl/N-ethyl adjacent to an activating group) is 1. The number of rotatable bonds is 12. The highest BCUT2D eigenvalue weighted by Crippen LogP contribution is 2.31. The smallest absolute Gasteiger partial charge is 0.261 e. The third-order valence-corrected chi connectivity index (χ3v) is 8.61. The first kappa shape index (κ1) is 32.0. The third kappa shape index (κ3) is 6.26. The summed E-state index contributed by atoms with van der Waals surface area (Å²) in [7, 11) is 2.00. The molecule has 0 atom stereocenters. The summed E-state index contributed by atoms with van der Waals surface area (Å²) in [6.45, 7) is 10.4. The quantitative estimate of drug-likeness (QED) is 0.186. The van der Waals surface area contributed by atoms with Gasteiger partial charge in [0, 0.05) is 59.2 Å². The predicted molar refractivity (Wildman–Crippen MR) is 179 cm³/mol. The van der Waals surface area contributed by atoms with Crippen molar-refractivity contribution in [1.29, 1.82) is 0 Å². The van der Waals surface area contributed by atoms with Crippen LogP contribution in [0.1, 0.15) is 75.0 Å². The van der Waals surface area contributed by atoms with Gasteiger partial charge in [-0.15, -0.1) is 0 Å². The van der Waals surface area contributed by atoms with Crippen molar-refractivity contribution in [2.24, 2.45) is 0 Å². The van der Waals surface area contributed by atoms with Crippen LogP contribution in [0.2, 0.25) is 0 Å². The topological polar surface area (TPSA) is 81.2 Å². The van der Waals surface area contributed by atoms with Gasteiger partial charge in [0.15, 0.2) is 0 Å². The van der Waals surface area contributed by atoms with Crippen LogP contribution < -0.4 is 0 Å². The molecule has 4 aromatic rings. The SMILES string of the molecule is CC.CCCN(CCCN(C)CCN1C(=O)c2cccc3cccc(c23)C1=O)CCN1C(=O)c2cccc3cccc(c23)C1=O. The summed E-state index contributed by atoms with van der Waals surface area (Å²) in [4.78, 5) is 60.2. The van der Waals surface area contributed by atoms with Crippen LogP contribution in [0, 0.1) is 0 Å². The molecule has 4 aromatic carbocycles. The minimum absolute atomic E-state index is 0.230. The molecule has 0 fully saturated rings. The Bertz CT molecular complexity index is 1650. The van der Waals surface area contributed by atoms with E-state index in [4.69, 9.17) is 0 Å². The van der Waals surface area contributed by atoms with E-state index >= 15 is 0 Å². The molecule has 6 rings (SSSR count). The van der Waals surface area contributed by atoms with Gasteiger partial charge in [-0.3, -0.25) is 29.0 Å². The Morgan fingerprint density at radius 3 is 1.33 bits per heavy atom. The van der Waals surface area contributed by atoms with Crippen LogP contribution in [-0.4, -0.2) is 96.1 Å². The zero-order valence-electron chi connectivity index (χ0n) is 26.7. The molecule has 0 radical (unpaired) electrons. The standard InChI is InChI=1S/C35H36N4O4.C2H6/c1-3-17-37(21-23-39-34(42)28-15-6-11-25-12-7-16-29(31(25)28)35(39)43)19-8-18-36(2)20-22-38-32(40)26-13-4-9-24-10-5-14-27(30(24)26)33(38)41;1-2/h4-7,9-16H,3,8,17-23H2,1-2H3;1-2H3. The maximum atomic E-state index is 13.3. The molecular formula is C37H42N4O4. The van der Waals surface area contributed by atoms with Gasteiger partial charge < -0.3 is 9.80 Å². The van der Waals surface area contributed by atoms with Gasteiger partial charge in [-0.2, -0.15) is 0 Å². The van der Waals surface area contributed by atoms with Crippen molar-refractivity contribution in [2.75, 3.05) is 52.9 Å². The summed E-state index contributed by atoms with van der Waals surface area (Å²) >= 11 is 0. The zero-order valence-corrected chi connectivity index (χ0v) is 26.7. The van der Waals surface area contributed by atoms with Crippen molar-refractivity contribution in [1.82, 2.24) is 19.6 Å². The molecule has 2 aliphatic rings. The molecule has 0 N–H and O–H groups in total. The number of carbonyl (C=O) groups is 4. The highest BCUT2D eigenvalue weighted by Gasteiger charge is 2.33.